The lowest BCUT2D eigenvalue weighted by atomic mass is 10.3. The Morgan fingerprint density at radius 3 is 2.74 bits per heavy atom. The van der Waals surface area contributed by atoms with Crippen LogP contribution in [0.3, 0.4) is 0 Å². The largest absolute Gasteiger partial charge is 0.492 e. The average Bonchev–Trinajstić information content (AvgIpc) is 2.80. The Morgan fingerprint density at radius 1 is 1.32 bits per heavy atom. The topological polar surface area (TPSA) is 81.4 Å². The van der Waals surface area contributed by atoms with Gasteiger partial charge in [0.1, 0.15) is 12.4 Å². The van der Waals surface area contributed by atoms with Gasteiger partial charge in [-0.2, -0.15) is 0 Å². The predicted octanol–water partition coefficient (Wildman–Crippen LogP) is 1.51. The van der Waals surface area contributed by atoms with Crippen molar-refractivity contribution in [1.82, 2.24) is 4.72 Å². The molecular formula is C13H20N2O3S. The first-order chi connectivity index (χ1) is 9.05. The van der Waals surface area contributed by atoms with Crippen molar-refractivity contribution in [3.8, 4) is 5.75 Å². The summed E-state index contributed by atoms with van der Waals surface area (Å²) in [6.07, 6.45) is 4.09. The molecule has 1 aromatic carbocycles. The van der Waals surface area contributed by atoms with Crippen LogP contribution in [0.25, 0.3) is 0 Å². The second-order valence-electron chi connectivity index (χ2n) is 4.84. The Morgan fingerprint density at radius 2 is 2.05 bits per heavy atom. The van der Waals surface area contributed by atoms with Gasteiger partial charge in [0.2, 0.25) is 10.0 Å². The molecule has 1 fully saturated rings. The molecule has 0 saturated heterocycles. The molecule has 1 saturated carbocycles. The quantitative estimate of drug-likeness (QED) is 0.776. The summed E-state index contributed by atoms with van der Waals surface area (Å²) in [5.74, 6) is 0.564. The van der Waals surface area contributed by atoms with Crippen molar-refractivity contribution in [2.24, 2.45) is 0 Å². The number of anilines is 1. The predicted molar refractivity (Wildman–Crippen MR) is 75.5 cm³/mol. The normalized spacial score (nSPS) is 16.6. The molecule has 1 aliphatic rings. The van der Waals surface area contributed by atoms with Gasteiger partial charge in [0.15, 0.2) is 0 Å². The minimum Gasteiger partial charge on any atom is -0.492 e. The molecule has 0 radical (unpaired) electrons. The van der Waals surface area contributed by atoms with Gasteiger partial charge in [0.25, 0.3) is 0 Å². The fourth-order valence-corrected chi connectivity index (χ4v) is 3.39. The molecule has 0 aromatic heterocycles. The van der Waals surface area contributed by atoms with E-state index in [0.717, 1.165) is 25.7 Å². The van der Waals surface area contributed by atoms with Gasteiger partial charge in [-0.05, 0) is 25.0 Å². The van der Waals surface area contributed by atoms with Crippen LogP contribution in [0.1, 0.15) is 25.7 Å². The lowest BCUT2D eigenvalue weighted by Gasteiger charge is -2.13. The molecule has 2 rings (SSSR count). The molecule has 0 bridgehead atoms. The number of nitrogens with two attached hydrogens (primary N) is 1. The highest BCUT2D eigenvalue weighted by Gasteiger charge is 2.21. The minimum atomic E-state index is -3.25. The van der Waals surface area contributed by atoms with Crippen LogP contribution in [0.2, 0.25) is 0 Å². The Balaban J connectivity index is 1.78. The number of ether oxygens (including phenoxy) is 1. The number of sulfonamides is 1. The van der Waals surface area contributed by atoms with E-state index in [4.69, 9.17) is 10.5 Å². The lowest BCUT2D eigenvalue weighted by Crippen LogP contribution is -2.35. The summed E-state index contributed by atoms with van der Waals surface area (Å²) in [5.41, 5.74) is 6.22. The summed E-state index contributed by atoms with van der Waals surface area (Å²) >= 11 is 0. The number of hydrogen-bond acceptors (Lipinski definition) is 4. The third-order valence-electron chi connectivity index (χ3n) is 3.18. The molecule has 0 aliphatic heterocycles. The van der Waals surface area contributed by atoms with Crippen LogP contribution < -0.4 is 15.2 Å². The van der Waals surface area contributed by atoms with Crippen LogP contribution in [-0.2, 0) is 10.0 Å². The molecule has 106 valence electrons. The number of hydrogen-bond donors (Lipinski definition) is 2. The Kier molecular flexibility index (Phi) is 4.66. The zero-order valence-corrected chi connectivity index (χ0v) is 11.7. The fraction of sp³-hybridized carbons (Fsp3) is 0.538. The van der Waals surface area contributed by atoms with Crippen molar-refractivity contribution in [3.05, 3.63) is 24.3 Å². The summed E-state index contributed by atoms with van der Waals surface area (Å²) < 4.78 is 31.8. The maximum Gasteiger partial charge on any atom is 0.215 e. The molecule has 5 nitrogen and oxygen atoms in total. The van der Waals surface area contributed by atoms with Gasteiger partial charge in [0.05, 0.1) is 5.75 Å². The van der Waals surface area contributed by atoms with Crippen molar-refractivity contribution in [3.63, 3.8) is 0 Å². The fourth-order valence-electron chi connectivity index (χ4n) is 2.23. The van der Waals surface area contributed by atoms with Crippen LogP contribution in [0.4, 0.5) is 5.69 Å². The molecule has 1 aromatic rings. The van der Waals surface area contributed by atoms with Crippen molar-refractivity contribution in [1.29, 1.82) is 0 Å². The summed E-state index contributed by atoms with van der Waals surface area (Å²) in [5, 5.41) is 0. The molecule has 19 heavy (non-hydrogen) atoms. The van der Waals surface area contributed by atoms with Crippen LogP contribution in [0.5, 0.6) is 5.75 Å². The molecule has 0 heterocycles. The maximum atomic E-state index is 11.8. The minimum absolute atomic E-state index is 0.0295. The van der Waals surface area contributed by atoms with E-state index in [0.29, 0.717) is 11.4 Å². The summed E-state index contributed by atoms with van der Waals surface area (Å²) in [4.78, 5) is 0. The average molecular weight is 284 g/mol. The SMILES string of the molecule is Nc1cccc(OCCS(=O)(=O)NC2CCCC2)c1. The molecule has 0 unspecified atom stereocenters. The molecule has 0 atom stereocenters. The Hall–Kier alpha value is -1.27. The van der Waals surface area contributed by atoms with Crippen molar-refractivity contribution in [2.75, 3.05) is 18.1 Å². The van der Waals surface area contributed by atoms with Crippen LogP contribution in [0, 0.1) is 0 Å². The van der Waals surface area contributed by atoms with Crippen LogP contribution in [0.15, 0.2) is 24.3 Å². The van der Waals surface area contributed by atoms with E-state index in [2.05, 4.69) is 4.72 Å². The van der Waals surface area contributed by atoms with Crippen molar-refractivity contribution < 1.29 is 13.2 Å². The Bertz CT molecular complexity index is 510. The van der Waals surface area contributed by atoms with E-state index in [-0.39, 0.29) is 18.4 Å². The highest BCUT2D eigenvalue weighted by Crippen LogP contribution is 2.18. The number of rotatable bonds is 6. The van der Waals surface area contributed by atoms with E-state index >= 15 is 0 Å². The second-order valence-corrected chi connectivity index (χ2v) is 6.71. The van der Waals surface area contributed by atoms with E-state index in [1.807, 2.05) is 0 Å². The number of nitrogens with one attached hydrogen (secondary N) is 1. The van der Waals surface area contributed by atoms with Gasteiger partial charge in [-0.25, -0.2) is 13.1 Å². The zero-order valence-electron chi connectivity index (χ0n) is 10.8. The Labute approximate surface area is 114 Å². The molecular weight excluding hydrogens is 264 g/mol. The lowest BCUT2D eigenvalue weighted by molar-refractivity contribution is 0.340. The molecule has 3 N–H and O–H groups in total. The van der Waals surface area contributed by atoms with Gasteiger partial charge in [-0.1, -0.05) is 18.9 Å². The van der Waals surface area contributed by atoms with Gasteiger partial charge < -0.3 is 10.5 Å². The monoisotopic (exact) mass is 284 g/mol. The molecule has 1 aliphatic carbocycles. The smallest absolute Gasteiger partial charge is 0.215 e. The maximum absolute atomic E-state index is 11.8. The molecule has 0 amide bonds. The zero-order chi connectivity index (χ0) is 13.7. The van der Waals surface area contributed by atoms with E-state index < -0.39 is 10.0 Å². The standard InChI is InChI=1S/C13H20N2O3S/c14-11-4-3-7-13(10-11)18-8-9-19(16,17)15-12-5-1-2-6-12/h3-4,7,10,12,15H,1-2,5-6,8-9,14H2. The van der Waals surface area contributed by atoms with Gasteiger partial charge in [-0.15, -0.1) is 0 Å². The molecule has 0 spiro atoms. The third kappa shape index (κ3) is 4.72. The molecule has 6 heteroatoms. The van der Waals surface area contributed by atoms with Gasteiger partial charge in [0, 0.05) is 17.8 Å². The summed E-state index contributed by atoms with van der Waals surface area (Å²) in [6, 6.07) is 7.07. The number of benzene rings is 1. The van der Waals surface area contributed by atoms with E-state index in [1.165, 1.54) is 0 Å². The van der Waals surface area contributed by atoms with Gasteiger partial charge in [-0.3, -0.25) is 0 Å². The van der Waals surface area contributed by atoms with Crippen molar-refractivity contribution in [2.45, 2.75) is 31.7 Å². The highest BCUT2D eigenvalue weighted by atomic mass is 32.2. The highest BCUT2D eigenvalue weighted by molar-refractivity contribution is 7.89. The van der Waals surface area contributed by atoms with Crippen LogP contribution >= 0.6 is 0 Å². The first kappa shape index (κ1) is 14.1. The van der Waals surface area contributed by atoms with E-state index in [9.17, 15) is 8.42 Å². The van der Waals surface area contributed by atoms with Crippen LogP contribution in [-0.4, -0.2) is 26.8 Å². The second kappa shape index (κ2) is 6.25. The summed E-state index contributed by atoms with van der Waals surface area (Å²) in [6.45, 7) is 0.130. The third-order valence-corrected chi connectivity index (χ3v) is 4.58. The first-order valence-electron chi connectivity index (χ1n) is 6.53. The number of nitrogen functional groups attached to an aromatic ring is 1. The van der Waals surface area contributed by atoms with Gasteiger partial charge >= 0.3 is 0 Å². The summed E-state index contributed by atoms with van der Waals surface area (Å²) in [7, 11) is -3.25. The van der Waals surface area contributed by atoms with Crippen molar-refractivity contribution >= 4 is 15.7 Å². The van der Waals surface area contributed by atoms with E-state index in [1.54, 1.807) is 24.3 Å². The first-order valence-corrected chi connectivity index (χ1v) is 8.19.